The number of hydrogen-bond acceptors (Lipinski definition) is 4. The molecule has 0 saturated carbocycles. The van der Waals surface area contributed by atoms with Crippen LogP contribution in [0.5, 0.6) is 0 Å². The van der Waals surface area contributed by atoms with E-state index in [0.29, 0.717) is 26.1 Å². The first-order valence-electron chi connectivity index (χ1n) is 6.70. The molecule has 7 nitrogen and oxygen atoms in total. The summed E-state index contributed by atoms with van der Waals surface area (Å²) in [5, 5.41) is 8.46. The van der Waals surface area contributed by atoms with Gasteiger partial charge in [-0.25, -0.2) is 4.79 Å². The van der Waals surface area contributed by atoms with Crippen molar-refractivity contribution >= 4 is 17.8 Å². The van der Waals surface area contributed by atoms with Gasteiger partial charge in [-0.2, -0.15) is 0 Å². The van der Waals surface area contributed by atoms with E-state index in [1.54, 1.807) is 0 Å². The Morgan fingerprint density at radius 2 is 2.26 bits per heavy atom. The highest BCUT2D eigenvalue weighted by atomic mass is 16.2. The summed E-state index contributed by atoms with van der Waals surface area (Å²) in [6.07, 6.45) is 2.45. The quantitative estimate of drug-likeness (QED) is 0.449. The maximum atomic E-state index is 12.2. The molecule has 2 fully saturated rings. The second kappa shape index (κ2) is 5.56. The lowest BCUT2D eigenvalue weighted by Crippen LogP contribution is -2.49. The number of imide groups is 1. The Morgan fingerprint density at radius 3 is 2.89 bits per heavy atom. The van der Waals surface area contributed by atoms with Gasteiger partial charge in [0.15, 0.2) is 0 Å². The van der Waals surface area contributed by atoms with Crippen LogP contribution in [0.15, 0.2) is 0 Å². The van der Waals surface area contributed by atoms with Crippen molar-refractivity contribution in [2.45, 2.75) is 31.7 Å². The van der Waals surface area contributed by atoms with Gasteiger partial charge in [0.05, 0.1) is 0 Å². The third-order valence-electron chi connectivity index (χ3n) is 3.56. The average Bonchev–Trinajstić information content (AvgIpc) is 2.92. The number of carbonyl (C=O) groups is 3. The molecule has 2 aliphatic heterocycles. The molecular formula is C12H20N4O3. The summed E-state index contributed by atoms with van der Waals surface area (Å²) in [4.78, 5) is 36.7. The van der Waals surface area contributed by atoms with Crippen LogP contribution in [-0.4, -0.2) is 54.5 Å². The number of amides is 4. The van der Waals surface area contributed by atoms with E-state index in [1.807, 2.05) is 6.92 Å². The summed E-state index contributed by atoms with van der Waals surface area (Å²) in [6, 6.07) is -0.473. The first-order chi connectivity index (χ1) is 9.09. The third-order valence-corrected chi connectivity index (χ3v) is 3.56. The highest BCUT2D eigenvalue weighted by Crippen LogP contribution is 2.23. The van der Waals surface area contributed by atoms with E-state index in [2.05, 4.69) is 16.0 Å². The van der Waals surface area contributed by atoms with E-state index in [1.165, 1.54) is 0 Å². The summed E-state index contributed by atoms with van der Waals surface area (Å²) >= 11 is 0. The zero-order valence-corrected chi connectivity index (χ0v) is 11.1. The largest absolute Gasteiger partial charge is 0.355 e. The van der Waals surface area contributed by atoms with Gasteiger partial charge < -0.3 is 16.0 Å². The molecule has 2 rings (SSSR count). The van der Waals surface area contributed by atoms with Crippen molar-refractivity contribution < 1.29 is 14.4 Å². The number of carbonyl (C=O) groups excluding carboxylic acids is 3. The van der Waals surface area contributed by atoms with Gasteiger partial charge in [0, 0.05) is 13.1 Å². The molecule has 4 amide bonds. The highest BCUT2D eigenvalue weighted by Gasteiger charge is 2.52. The summed E-state index contributed by atoms with van der Waals surface area (Å²) in [7, 11) is 0. The molecule has 2 heterocycles. The summed E-state index contributed by atoms with van der Waals surface area (Å²) in [5.74, 6) is -0.590. The molecule has 1 atom stereocenters. The molecule has 0 aliphatic carbocycles. The molecule has 7 heteroatoms. The normalized spacial score (nSPS) is 26.1. The fourth-order valence-corrected chi connectivity index (χ4v) is 2.41. The topological polar surface area (TPSA) is 90.5 Å². The lowest BCUT2D eigenvalue weighted by molar-refractivity contribution is -0.134. The molecular weight excluding hydrogens is 248 g/mol. The highest BCUT2D eigenvalue weighted by molar-refractivity contribution is 6.09. The molecule has 3 N–H and O–H groups in total. The zero-order chi connectivity index (χ0) is 13.9. The zero-order valence-electron chi connectivity index (χ0n) is 11.1. The first kappa shape index (κ1) is 13.8. The lowest BCUT2D eigenvalue weighted by Gasteiger charge is -2.19. The molecule has 106 valence electrons. The maximum Gasteiger partial charge on any atom is 0.325 e. The van der Waals surface area contributed by atoms with E-state index in [-0.39, 0.29) is 18.4 Å². The van der Waals surface area contributed by atoms with Crippen LogP contribution in [0.1, 0.15) is 26.2 Å². The number of unbranched alkanes of at least 4 members (excludes halogenated alkanes) is 1. The fraction of sp³-hybridized carbons (Fsp3) is 0.750. The van der Waals surface area contributed by atoms with Gasteiger partial charge in [0.2, 0.25) is 5.91 Å². The first-order valence-corrected chi connectivity index (χ1v) is 6.70. The monoisotopic (exact) mass is 268 g/mol. The molecule has 1 spiro atoms. The Balaban J connectivity index is 1.92. The van der Waals surface area contributed by atoms with E-state index in [9.17, 15) is 14.4 Å². The minimum Gasteiger partial charge on any atom is -0.355 e. The second-order valence-electron chi connectivity index (χ2n) is 5.03. The number of rotatable bonds is 5. The number of nitrogens with one attached hydrogen (secondary N) is 3. The fourth-order valence-electron chi connectivity index (χ4n) is 2.41. The van der Waals surface area contributed by atoms with Crippen molar-refractivity contribution in [2.24, 2.45) is 0 Å². The van der Waals surface area contributed by atoms with Gasteiger partial charge in [-0.15, -0.1) is 0 Å². The van der Waals surface area contributed by atoms with Crippen LogP contribution in [-0.2, 0) is 9.59 Å². The summed E-state index contributed by atoms with van der Waals surface area (Å²) < 4.78 is 0. The van der Waals surface area contributed by atoms with Crippen LogP contribution in [0.25, 0.3) is 0 Å². The van der Waals surface area contributed by atoms with Gasteiger partial charge >= 0.3 is 6.03 Å². The van der Waals surface area contributed by atoms with Crippen LogP contribution in [0.2, 0.25) is 0 Å². The van der Waals surface area contributed by atoms with Crippen LogP contribution in [0, 0.1) is 0 Å². The van der Waals surface area contributed by atoms with E-state index < -0.39 is 11.6 Å². The molecule has 1 unspecified atom stereocenters. The number of urea groups is 1. The molecule has 0 bridgehead atoms. The predicted molar refractivity (Wildman–Crippen MR) is 68.4 cm³/mol. The Labute approximate surface area is 112 Å². The smallest absolute Gasteiger partial charge is 0.325 e. The molecule has 19 heavy (non-hydrogen) atoms. The minimum atomic E-state index is -0.833. The van der Waals surface area contributed by atoms with Crippen LogP contribution < -0.4 is 16.0 Å². The third kappa shape index (κ3) is 2.70. The van der Waals surface area contributed by atoms with E-state index >= 15 is 0 Å². The Hall–Kier alpha value is -1.63. The maximum absolute atomic E-state index is 12.2. The van der Waals surface area contributed by atoms with Gasteiger partial charge in [0.1, 0.15) is 12.1 Å². The Bertz CT molecular complexity index is 390. The van der Waals surface area contributed by atoms with Crippen molar-refractivity contribution in [1.82, 2.24) is 20.9 Å². The van der Waals surface area contributed by atoms with E-state index in [0.717, 1.165) is 17.7 Å². The summed E-state index contributed by atoms with van der Waals surface area (Å²) in [6.45, 7) is 3.54. The van der Waals surface area contributed by atoms with Crippen molar-refractivity contribution in [3.05, 3.63) is 0 Å². The molecule has 2 saturated heterocycles. The second-order valence-corrected chi connectivity index (χ2v) is 5.03. The Kier molecular flexibility index (Phi) is 4.04. The molecule has 0 aromatic rings. The van der Waals surface area contributed by atoms with Crippen molar-refractivity contribution in [2.75, 3.05) is 26.2 Å². The van der Waals surface area contributed by atoms with Crippen LogP contribution in [0.3, 0.4) is 0 Å². The molecule has 0 aromatic heterocycles. The molecule has 0 aromatic carbocycles. The van der Waals surface area contributed by atoms with Crippen LogP contribution >= 0.6 is 0 Å². The Morgan fingerprint density at radius 1 is 1.47 bits per heavy atom. The molecule has 2 aliphatic rings. The standard InChI is InChI=1S/C12H20N4O3/c1-2-3-5-14-9(17)7-16-10(18)12(15-11(16)19)4-6-13-8-12/h13H,2-8H2,1H3,(H,14,17)(H,15,19). The average molecular weight is 268 g/mol. The van der Waals surface area contributed by atoms with Gasteiger partial charge in [-0.05, 0) is 19.4 Å². The van der Waals surface area contributed by atoms with Crippen molar-refractivity contribution in [3.63, 3.8) is 0 Å². The van der Waals surface area contributed by atoms with Crippen molar-refractivity contribution in [3.8, 4) is 0 Å². The SMILES string of the molecule is CCCCNC(=O)CN1C(=O)NC2(CCNC2)C1=O. The van der Waals surface area contributed by atoms with Gasteiger partial charge in [-0.3, -0.25) is 14.5 Å². The van der Waals surface area contributed by atoms with Crippen molar-refractivity contribution in [1.29, 1.82) is 0 Å². The lowest BCUT2D eigenvalue weighted by atomic mass is 9.99. The number of nitrogens with zero attached hydrogens (tertiary/aromatic N) is 1. The predicted octanol–water partition coefficient (Wildman–Crippen LogP) is -0.813. The van der Waals surface area contributed by atoms with Gasteiger partial charge in [0.25, 0.3) is 5.91 Å². The minimum absolute atomic E-state index is 0.198. The summed E-state index contributed by atoms with van der Waals surface area (Å²) in [5.41, 5.74) is -0.833. The van der Waals surface area contributed by atoms with E-state index in [4.69, 9.17) is 0 Å². The molecule has 0 radical (unpaired) electrons. The van der Waals surface area contributed by atoms with Crippen LogP contribution in [0.4, 0.5) is 4.79 Å². The van der Waals surface area contributed by atoms with Gasteiger partial charge in [-0.1, -0.05) is 13.3 Å². The number of hydrogen-bond donors (Lipinski definition) is 3.